The topological polar surface area (TPSA) is 97.1 Å². The van der Waals surface area contributed by atoms with Crippen LogP contribution in [0.25, 0.3) is 28.3 Å². The number of carbonyl (C=O) groups is 1. The third kappa shape index (κ3) is 4.27. The van der Waals surface area contributed by atoms with Gasteiger partial charge in [0.25, 0.3) is 0 Å². The van der Waals surface area contributed by atoms with Crippen molar-refractivity contribution in [2.75, 3.05) is 10.6 Å². The third-order valence-corrected chi connectivity index (χ3v) is 5.38. The molecule has 0 saturated heterocycles. The molecule has 0 spiro atoms. The number of rotatable bonds is 4. The molecule has 2 aromatic carbocycles. The average molecular weight is 435 g/mol. The molecule has 5 aromatic rings. The van der Waals surface area contributed by atoms with Crippen LogP contribution in [0, 0.1) is 13.8 Å². The summed E-state index contributed by atoms with van der Waals surface area (Å²) in [6.45, 7) is 4.05. The Labute approximate surface area is 190 Å². The lowest BCUT2D eigenvalue weighted by Crippen LogP contribution is -2.19. The number of nitrogens with one attached hydrogen (secondary N) is 2. The minimum Gasteiger partial charge on any atom is -0.308 e. The molecule has 0 saturated carbocycles. The number of amides is 2. The number of urea groups is 1. The zero-order valence-electron chi connectivity index (χ0n) is 18.1. The quantitative estimate of drug-likeness (QED) is 0.409. The molecular weight excluding hydrogens is 414 g/mol. The molecule has 0 aliphatic heterocycles. The number of fused-ring (bicyclic) bond motifs is 1. The Morgan fingerprint density at radius 2 is 1.58 bits per heavy atom. The Balaban J connectivity index is 1.39. The van der Waals surface area contributed by atoms with E-state index < -0.39 is 0 Å². The molecule has 0 aliphatic carbocycles. The Hall–Kier alpha value is -4.59. The van der Waals surface area contributed by atoms with Crippen molar-refractivity contribution in [1.82, 2.24) is 24.8 Å². The molecule has 0 radical (unpaired) electrons. The van der Waals surface area contributed by atoms with Crippen LogP contribution in [-0.2, 0) is 0 Å². The van der Waals surface area contributed by atoms with Gasteiger partial charge in [0.15, 0.2) is 11.5 Å². The van der Waals surface area contributed by atoms with E-state index in [1.165, 1.54) is 5.56 Å². The van der Waals surface area contributed by atoms with E-state index >= 15 is 0 Å². The number of nitrogens with zero attached hydrogens (tertiary/aromatic N) is 5. The van der Waals surface area contributed by atoms with Gasteiger partial charge < -0.3 is 10.6 Å². The molecule has 0 unspecified atom stereocenters. The summed E-state index contributed by atoms with van der Waals surface area (Å²) in [5.41, 5.74) is 6.82. The summed E-state index contributed by atoms with van der Waals surface area (Å²) in [5.74, 6) is 0.635. The molecule has 2 N–H and O–H groups in total. The highest BCUT2D eigenvalue weighted by Crippen LogP contribution is 2.23. The van der Waals surface area contributed by atoms with E-state index in [2.05, 4.69) is 25.8 Å². The van der Waals surface area contributed by atoms with Gasteiger partial charge in [-0.2, -0.15) is 9.61 Å². The van der Waals surface area contributed by atoms with Crippen LogP contribution in [0.15, 0.2) is 79.1 Å². The van der Waals surface area contributed by atoms with Gasteiger partial charge in [0.2, 0.25) is 0 Å². The zero-order chi connectivity index (χ0) is 22.8. The predicted octanol–water partition coefficient (Wildman–Crippen LogP) is 5.11. The standard InChI is InChI=1S/C25H21N7O/c1-16-6-7-21(14-17(16)2)28-25(33)27-20-5-3-4-19(15-20)22-8-9-23-29-30-24(32(23)31-22)18-10-12-26-13-11-18/h3-15H,1-2H3,(H2,27,28,33). The predicted molar refractivity (Wildman–Crippen MR) is 128 cm³/mol. The molecule has 0 atom stereocenters. The molecule has 0 bridgehead atoms. The molecular formula is C25H21N7O. The number of hydrogen-bond acceptors (Lipinski definition) is 5. The maximum Gasteiger partial charge on any atom is 0.323 e. The Bertz CT molecular complexity index is 1460. The Morgan fingerprint density at radius 1 is 0.788 bits per heavy atom. The second kappa shape index (κ2) is 8.51. The first kappa shape index (κ1) is 20.3. The van der Waals surface area contributed by atoms with Gasteiger partial charge in [0.05, 0.1) is 5.69 Å². The lowest BCUT2D eigenvalue weighted by Gasteiger charge is -2.10. The van der Waals surface area contributed by atoms with Gasteiger partial charge >= 0.3 is 6.03 Å². The fourth-order valence-corrected chi connectivity index (χ4v) is 3.49. The fraction of sp³-hybridized carbons (Fsp3) is 0.0800. The molecule has 8 heteroatoms. The molecule has 8 nitrogen and oxygen atoms in total. The lowest BCUT2D eigenvalue weighted by molar-refractivity contribution is 0.262. The second-order valence-electron chi connectivity index (χ2n) is 7.71. The number of hydrogen-bond donors (Lipinski definition) is 2. The van der Waals surface area contributed by atoms with Crippen molar-refractivity contribution in [2.45, 2.75) is 13.8 Å². The summed E-state index contributed by atoms with van der Waals surface area (Å²) in [6.07, 6.45) is 3.41. The van der Waals surface area contributed by atoms with Gasteiger partial charge in [-0.25, -0.2) is 4.79 Å². The molecule has 162 valence electrons. The molecule has 0 aliphatic rings. The van der Waals surface area contributed by atoms with E-state index in [1.54, 1.807) is 16.9 Å². The van der Waals surface area contributed by atoms with E-state index in [-0.39, 0.29) is 6.03 Å². The van der Waals surface area contributed by atoms with Gasteiger partial charge in [-0.3, -0.25) is 4.98 Å². The number of anilines is 2. The summed E-state index contributed by atoms with van der Waals surface area (Å²) in [6, 6.07) is 20.5. The van der Waals surface area contributed by atoms with Crippen LogP contribution in [0.3, 0.4) is 0 Å². The average Bonchev–Trinajstić information content (AvgIpc) is 3.25. The highest BCUT2D eigenvalue weighted by Gasteiger charge is 2.11. The van der Waals surface area contributed by atoms with Crippen LogP contribution in [0.4, 0.5) is 16.2 Å². The van der Waals surface area contributed by atoms with Crippen molar-refractivity contribution < 1.29 is 4.79 Å². The van der Waals surface area contributed by atoms with Crippen LogP contribution < -0.4 is 10.6 Å². The van der Waals surface area contributed by atoms with E-state index in [4.69, 9.17) is 5.10 Å². The maximum absolute atomic E-state index is 12.5. The Kier molecular flexibility index (Phi) is 5.24. The van der Waals surface area contributed by atoms with Crippen LogP contribution in [-0.4, -0.2) is 30.8 Å². The van der Waals surface area contributed by atoms with Gasteiger partial charge in [0, 0.05) is 34.9 Å². The molecule has 33 heavy (non-hydrogen) atoms. The summed E-state index contributed by atoms with van der Waals surface area (Å²) in [4.78, 5) is 16.6. The Morgan fingerprint density at radius 3 is 2.36 bits per heavy atom. The minimum atomic E-state index is -0.308. The summed E-state index contributed by atoms with van der Waals surface area (Å²) in [5, 5.41) is 19.0. The van der Waals surface area contributed by atoms with Gasteiger partial charge in [0.1, 0.15) is 0 Å². The maximum atomic E-state index is 12.5. The molecule has 3 heterocycles. The first-order chi connectivity index (χ1) is 16.1. The number of pyridine rings is 1. The van der Waals surface area contributed by atoms with E-state index in [9.17, 15) is 4.79 Å². The number of aryl methyl sites for hydroxylation is 2. The normalized spacial score (nSPS) is 10.8. The second-order valence-corrected chi connectivity index (χ2v) is 7.71. The van der Waals surface area contributed by atoms with Crippen LogP contribution in [0.2, 0.25) is 0 Å². The highest BCUT2D eigenvalue weighted by molar-refractivity contribution is 6.00. The largest absolute Gasteiger partial charge is 0.323 e. The van der Waals surface area contributed by atoms with E-state index in [0.717, 1.165) is 28.1 Å². The molecule has 0 fully saturated rings. The smallest absolute Gasteiger partial charge is 0.308 e. The van der Waals surface area contributed by atoms with Gasteiger partial charge in [-0.05, 0) is 73.5 Å². The van der Waals surface area contributed by atoms with E-state index in [1.807, 2.05) is 80.6 Å². The van der Waals surface area contributed by atoms with Crippen molar-refractivity contribution in [3.8, 4) is 22.6 Å². The van der Waals surface area contributed by atoms with Crippen molar-refractivity contribution in [3.63, 3.8) is 0 Å². The SMILES string of the molecule is Cc1ccc(NC(=O)Nc2cccc(-c3ccc4nnc(-c5ccncc5)n4n3)c2)cc1C. The molecule has 2 amide bonds. The number of benzene rings is 2. The monoisotopic (exact) mass is 435 g/mol. The minimum absolute atomic E-state index is 0.308. The lowest BCUT2D eigenvalue weighted by atomic mass is 10.1. The van der Waals surface area contributed by atoms with Crippen molar-refractivity contribution in [2.24, 2.45) is 0 Å². The van der Waals surface area contributed by atoms with Gasteiger partial charge in [-0.15, -0.1) is 10.2 Å². The summed E-state index contributed by atoms with van der Waals surface area (Å²) < 4.78 is 1.71. The van der Waals surface area contributed by atoms with Crippen molar-refractivity contribution in [3.05, 3.63) is 90.3 Å². The van der Waals surface area contributed by atoms with Crippen molar-refractivity contribution >= 4 is 23.1 Å². The van der Waals surface area contributed by atoms with Crippen LogP contribution in [0.1, 0.15) is 11.1 Å². The van der Waals surface area contributed by atoms with E-state index in [0.29, 0.717) is 17.2 Å². The first-order valence-electron chi connectivity index (χ1n) is 10.5. The molecule has 5 rings (SSSR count). The highest BCUT2D eigenvalue weighted by atomic mass is 16.2. The van der Waals surface area contributed by atoms with Crippen LogP contribution in [0.5, 0.6) is 0 Å². The number of carbonyl (C=O) groups excluding carboxylic acids is 1. The summed E-state index contributed by atoms with van der Waals surface area (Å²) >= 11 is 0. The first-order valence-corrected chi connectivity index (χ1v) is 10.5. The van der Waals surface area contributed by atoms with Crippen molar-refractivity contribution in [1.29, 1.82) is 0 Å². The fourth-order valence-electron chi connectivity index (χ4n) is 3.49. The zero-order valence-corrected chi connectivity index (χ0v) is 18.1. The van der Waals surface area contributed by atoms with Crippen LogP contribution >= 0.6 is 0 Å². The molecule has 3 aromatic heterocycles. The van der Waals surface area contributed by atoms with Gasteiger partial charge in [-0.1, -0.05) is 18.2 Å². The third-order valence-electron chi connectivity index (χ3n) is 5.38. The number of aromatic nitrogens is 5. The summed E-state index contributed by atoms with van der Waals surface area (Å²) in [7, 11) is 0.